The Bertz CT molecular complexity index is 820. The van der Waals surface area contributed by atoms with Crippen molar-refractivity contribution < 1.29 is 9.30 Å². The Hall–Kier alpha value is -1.83. The predicted molar refractivity (Wildman–Crippen MR) is 119 cm³/mol. The van der Waals surface area contributed by atoms with Gasteiger partial charge in [-0.1, -0.05) is 76.6 Å². The van der Waals surface area contributed by atoms with Gasteiger partial charge in [0.1, 0.15) is 5.75 Å². The number of benzene rings is 3. The summed E-state index contributed by atoms with van der Waals surface area (Å²) in [6, 6.07) is 27.2. The van der Waals surface area contributed by atoms with E-state index in [1.807, 2.05) is 84.9 Å². The minimum atomic E-state index is -2.90. The lowest BCUT2D eigenvalue weighted by molar-refractivity contribution is 0.306. The van der Waals surface area contributed by atoms with Crippen molar-refractivity contribution in [3.63, 3.8) is 0 Å². The summed E-state index contributed by atoms with van der Waals surface area (Å²) in [5, 5.41) is 3.56. The zero-order valence-corrected chi connectivity index (χ0v) is 17.7. The van der Waals surface area contributed by atoms with Crippen LogP contribution in [0.5, 0.6) is 5.75 Å². The third-order valence-corrected chi connectivity index (χ3v) is 8.12. The number of alkyl halides is 1. The van der Waals surface area contributed by atoms with Gasteiger partial charge in [-0.2, -0.15) is 0 Å². The van der Waals surface area contributed by atoms with Gasteiger partial charge in [-0.25, -0.2) is 0 Å². The quantitative estimate of drug-likeness (QED) is 0.256. The molecule has 0 atom stereocenters. The lowest BCUT2D eigenvalue weighted by Crippen LogP contribution is -2.24. The fourth-order valence-electron chi connectivity index (χ4n) is 3.04. The van der Waals surface area contributed by atoms with Crippen LogP contribution in [0.1, 0.15) is 19.3 Å². The van der Waals surface area contributed by atoms with Crippen molar-refractivity contribution in [3.8, 4) is 5.75 Å². The zero-order chi connectivity index (χ0) is 19.0. The maximum Gasteiger partial charge on any atom is 0.171 e. The molecule has 0 amide bonds. The van der Waals surface area contributed by atoms with Crippen LogP contribution < -0.4 is 20.7 Å². The van der Waals surface area contributed by atoms with E-state index >= 15 is 0 Å². The molecule has 0 unspecified atom stereocenters. The molecule has 0 radical (unpaired) electrons. The Morgan fingerprint density at radius 3 is 1.70 bits per heavy atom. The summed E-state index contributed by atoms with van der Waals surface area (Å²) in [5.41, 5.74) is 0. The zero-order valence-electron chi connectivity index (χ0n) is 15.3. The first-order valence-corrected chi connectivity index (χ1v) is 12.1. The molecule has 0 N–H and O–H groups in total. The molecule has 0 aliphatic rings. The second kappa shape index (κ2) is 9.92. The van der Waals surface area contributed by atoms with Crippen LogP contribution in [0.2, 0.25) is 0 Å². The monoisotopic (exact) mass is 442 g/mol. The van der Waals surface area contributed by atoms with Crippen molar-refractivity contribution in [1.29, 1.82) is 0 Å². The molecule has 0 aromatic heterocycles. The van der Waals surface area contributed by atoms with Crippen LogP contribution in [0.15, 0.2) is 84.9 Å². The van der Waals surface area contributed by atoms with Crippen LogP contribution in [0, 0.1) is 0 Å². The van der Waals surface area contributed by atoms with E-state index in [9.17, 15) is 4.57 Å². The van der Waals surface area contributed by atoms with Crippen molar-refractivity contribution in [2.45, 2.75) is 19.3 Å². The Kier molecular flexibility index (Phi) is 7.32. The van der Waals surface area contributed by atoms with E-state index in [-0.39, 0.29) is 0 Å². The molecule has 0 saturated carbocycles. The third kappa shape index (κ3) is 4.91. The van der Waals surface area contributed by atoms with Crippen molar-refractivity contribution in [2.75, 3.05) is 11.9 Å². The van der Waals surface area contributed by atoms with E-state index in [1.165, 1.54) is 6.42 Å². The van der Waals surface area contributed by atoms with Crippen LogP contribution in [-0.4, -0.2) is 11.9 Å². The molecule has 4 heteroatoms. The van der Waals surface area contributed by atoms with Crippen LogP contribution >= 0.6 is 23.1 Å². The molecular formula is C23H24BrO2P. The molecule has 0 saturated heterocycles. The Morgan fingerprint density at radius 1 is 0.667 bits per heavy atom. The van der Waals surface area contributed by atoms with Crippen molar-refractivity contribution in [2.24, 2.45) is 0 Å². The third-order valence-electron chi connectivity index (χ3n) is 4.49. The van der Waals surface area contributed by atoms with E-state index < -0.39 is 7.14 Å². The molecular weight excluding hydrogens is 419 g/mol. The largest absolute Gasteiger partial charge is 0.494 e. The van der Waals surface area contributed by atoms with Crippen molar-refractivity contribution in [1.82, 2.24) is 0 Å². The first-order valence-electron chi connectivity index (χ1n) is 9.26. The van der Waals surface area contributed by atoms with E-state index in [0.717, 1.165) is 39.8 Å². The number of halogens is 1. The lowest BCUT2D eigenvalue weighted by Gasteiger charge is -2.20. The maximum absolute atomic E-state index is 14.2. The van der Waals surface area contributed by atoms with E-state index in [2.05, 4.69) is 15.9 Å². The van der Waals surface area contributed by atoms with Gasteiger partial charge in [0.15, 0.2) is 7.14 Å². The molecule has 140 valence electrons. The van der Waals surface area contributed by atoms with Crippen LogP contribution in [0.25, 0.3) is 0 Å². The fourth-order valence-corrected chi connectivity index (χ4v) is 6.08. The lowest BCUT2D eigenvalue weighted by atomic mass is 10.3. The molecule has 0 aliphatic carbocycles. The number of rotatable bonds is 9. The molecule has 3 rings (SSSR count). The highest BCUT2D eigenvalue weighted by Crippen LogP contribution is 2.42. The average molecular weight is 443 g/mol. The van der Waals surface area contributed by atoms with Crippen molar-refractivity contribution >= 4 is 39.0 Å². The minimum absolute atomic E-state index is 0.710. The fraction of sp³-hybridized carbons (Fsp3) is 0.217. The molecule has 0 spiro atoms. The van der Waals surface area contributed by atoms with Crippen LogP contribution in [-0.2, 0) is 4.57 Å². The normalized spacial score (nSPS) is 11.3. The maximum atomic E-state index is 14.2. The summed E-state index contributed by atoms with van der Waals surface area (Å²) < 4.78 is 20.0. The van der Waals surface area contributed by atoms with Crippen LogP contribution in [0.3, 0.4) is 0 Å². The molecule has 2 nitrogen and oxygen atoms in total. The molecule has 3 aromatic rings. The van der Waals surface area contributed by atoms with Gasteiger partial charge in [-0.05, 0) is 43.5 Å². The minimum Gasteiger partial charge on any atom is -0.494 e. The van der Waals surface area contributed by atoms with Gasteiger partial charge >= 0.3 is 0 Å². The second-order valence-electron chi connectivity index (χ2n) is 6.37. The second-order valence-corrected chi connectivity index (χ2v) is 9.93. The SMILES string of the molecule is O=P(c1ccccc1)(c1ccccc1)c1ccc(OCCCCCBr)cc1. The molecule has 0 heterocycles. The molecule has 0 aliphatic heterocycles. The molecule has 27 heavy (non-hydrogen) atoms. The summed E-state index contributed by atoms with van der Waals surface area (Å²) in [4.78, 5) is 0. The molecule has 0 bridgehead atoms. The van der Waals surface area contributed by atoms with E-state index in [1.54, 1.807) is 0 Å². The number of unbranched alkanes of at least 4 members (excludes halogenated alkanes) is 2. The summed E-state index contributed by atoms with van der Waals surface area (Å²) in [5.74, 6) is 0.824. The summed E-state index contributed by atoms with van der Waals surface area (Å²) >= 11 is 3.44. The van der Waals surface area contributed by atoms with E-state index in [4.69, 9.17) is 4.74 Å². The number of hydrogen-bond donors (Lipinski definition) is 0. The van der Waals surface area contributed by atoms with Gasteiger partial charge in [-0.3, -0.25) is 0 Å². The highest BCUT2D eigenvalue weighted by molar-refractivity contribution is 9.09. The Balaban J connectivity index is 1.85. The van der Waals surface area contributed by atoms with Crippen LogP contribution in [0.4, 0.5) is 0 Å². The standard InChI is InChI=1S/C23H24BrO2P/c24-18-8-3-9-19-26-20-14-16-23(17-15-20)27(25,21-10-4-1-5-11-21)22-12-6-2-7-13-22/h1-2,4-7,10-17H,3,8-9,18-19H2. The Labute approximate surface area is 170 Å². The van der Waals surface area contributed by atoms with Gasteiger partial charge in [0.25, 0.3) is 0 Å². The van der Waals surface area contributed by atoms with Gasteiger partial charge < -0.3 is 9.30 Å². The summed E-state index contributed by atoms with van der Waals surface area (Å²) in [7, 11) is -2.90. The Morgan fingerprint density at radius 2 is 1.19 bits per heavy atom. The van der Waals surface area contributed by atoms with Gasteiger partial charge in [0.2, 0.25) is 0 Å². The average Bonchev–Trinajstić information content (AvgIpc) is 2.75. The predicted octanol–water partition coefficient (Wildman–Crippen LogP) is 5.27. The summed E-state index contributed by atoms with van der Waals surface area (Å²) in [6.07, 6.45) is 3.36. The van der Waals surface area contributed by atoms with Gasteiger partial charge in [0.05, 0.1) is 6.61 Å². The molecule has 0 fully saturated rings. The topological polar surface area (TPSA) is 26.3 Å². The smallest absolute Gasteiger partial charge is 0.171 e. The number of ether oxygens (including phenoxy) is 1. The highest BCUT2D eigenvalue weighted by atomic mass is 79.9. The first kappa shape index (κ1) is 19.9. The first-order chi connectivity index (χ1) is 13.2. The number of hydrogen-bond acceptors (Lipinski definition) is 2. The highest BCUT2D eigenvalue weighted by Gasteiger charge is 2.29. The van der Waals surface area contributed by atoms with Gasteiger partial charge in [-0.15, -0.1) is 0 Å². The summed E-state index contributed by atoms with van der Waals surface area (Å²) in [6.45, 7) is 0.710. The van der Waals surface area contributed by atoms with Crippen molar-refractivity contribution in [3.05, 3.63) is 84.9 Å². The van der Waals surface area contributed by atoms with Gasteiger partial charge in [0, 0.05) is 21.2 Å². The molecule has 3 aromatic carbocycles. The van der Waals surface area contributed by atoms with E-state index in [0.29, 0.717) is 6.61 Å².